The van der Waals surface area contributed by atoms with Gasteiger partial charge in [0.2, 0.25) is 0 Å². The first-order valence-corrected chi connectivity index (χ1v) is 14.0. The van der Waals surface area contributed by atoms with Crippen molar-refractivity contribution in [3.8, 4) is 0 Å². The van der Waals surface area contributed by atoms with E-state index in [0.29, 0.717) is 6.42 Å². The van der Waals surface area contributed by atoms with Crippen LogP contribution in [0.1, 0.15) is 140 Å². The van der Waals surface area contributed by atoms with E-state index in [0.717, 1.165) is 5.56 Å². The molecule has 0 bridgehead atoms. The number of thioether (sulfide) groups is 1. The van der Waals surface area contributed by atoms with Gasteiger partial charge < -0.3 is 0 Å². The number of carbonyl (C=O) groups is 1. The molecule has 0 fully saturated rings. The van der Waals surface area contributed by atoms with Gasteiger partial charge >= 0.3 is 0 Å². The van der Waals surface area contributed by atoms with Crippen LogP contribution in [0.25, 0.3) is 0 Å². The van der Waals surface area contributed by atoms with Crippen LogP contribution in [-0.4, -0.2) is 11.5 Å². The molecular formula is C28H48OS. The monoisotopic (exact) mass is 432 g/mol. The van der Waals surface area contributed by atoms with E-state index in [1.165, 1.54) is 120 Å². The van der Waals surface area contributed by atoms with Crippen molar-refractivity contribution in [1.82, 2.24) is 0 Å². The zero-order chi connectivity index (χ0) is 21.7. The van der Waals surface area contributed by atoms with Crippen molar-refractivity contribution in [2.75, 3.05) is 5.75 Å². The van der Waals surface area contributed by atoms with Gasteiger partial charge in [-0.05, 0) is 24.3 Å². The highest BCUT2D eigenvalue weighted by Gasteiger charge is 2.04. The second-order valence-corrected chi connectivity index (χ2v) is 9.98. The Labute approximate surface area is 192 Å². The van der Waals surface area contributed by atoms with Crippen LogP contribution in [0.2, 0.25) is 0 Å². The highest BCUT2D eigenvalue weighted by Crippen LogP contribution is 2.22. The fourth-order valence-electron chi connectivity index (χ4n) is 3.98. The first kappa shape index (κ1) is 27.3. The predicted octanol–water partition coefficient (Wildman–Crippen LogP) is 10.0. The van der Waals surface area contributed by atoms with E-state index >= 15 is 0 Å². The molecular weight excluding hydrogens is 384 g/mol. The van der Waals surface area contributed by atoms with Crippen LogP contribution in [0.5, 0.6) is 0 Å². The molecule has 1 rings (SSSR count). The van der Waals surface area contributed by atoms with E-state index in [9.17, 15) is 4.79 Å². The Morgan fingerprint density at radius 2 is 1.13 bits per heavy atom. The van der Waals surface area contributed by atoms with E-state index < -0.39 is 0 Å². The predicted molar refractivity (Wildman–Crippen MR) is 136 cm³/mol. The lowest BCUT2D eigenvalue weighted by molar-refractivity contribution is 0.0988. The lowest BCUT2D eigenvalue weighted by atomic mass is 10.0. The van der Waals surface area contributed by atoms with E-state index in [1.807, 2.05) is 30.8 Å². The summed E-state index contributed by atoms with van der Waals surface area (Å²) >= 11 is 1.90. The molecule has 172 valence electrons. The summed E-state index contributed by atoms with van der Waals surface area (Å²) in [5.41, 5.74) is 0.866. The molecule has 1 aromatic carbocycles. The number of Topliss-reactive ketones (excluding diaryl/α,β-unsaturated/α-hetero) is 1. The summed E-state index contributed by atoms with van der Waals surface area (Å²) in [6, 6.07) is 8.14. The van der Waals surface area contributed by atoms with Gasteiger partial charge in [-0.1, -0.05) is 129 Å². The standard InChI is InChI=1S/C28H48OS/c1-3-5-6-7-8-9-10-11-12-13-14-15-16-17-18-19-20-24-30-27-23-21-22-26(25-27)28(29)4-2/h21-23,25H,3-20,24H2,1-2H3. The molecule has 0 N–H and O–H groups in total. The zero-order valence-electron chi connectivity index (χ0n) is 20.1. The molecule has 2 heteroatoms. The second kappa shape index (κ2) is 20.2. The molecule has 0 aromatic heterocycles. The fraction of sp³-hybridized carbons (Fsp3) is 0.750. The molecule has 0 atom stereocenters. The van der Waals surface area contributed by atoms with E-state index in [2.05, 4.69) is 19.1 Å². The van der Waals surface area contributed by atoms with Gasteiger partial charge in [-0.3, -0.25) is 4.79 Å². The number of hydrogen-bond donors (Lipinski definition) is 0. The maximum atomic E-state index is 11.8. The summed E-state index contributed by atoms with van der Waals surface area (Å²) in [5, 5.41) is 0. The Hall–Kier alpha value is -0.760. The number of hydrogen-bond acceptors (Lipinski definition) is 2. The Bertz CT molecular complexity index is 525. The second-order valence-electron chi connectivity index (χ2n) is 8.81. The third-order valence-corrected chi connectivity index (χ3v) is 7.07. The minimum Gasteiger partial charge on any atom is -0.294 e. The Kier molecular flexibility index (Phi) is 18.3. The van der Waals surface area contributed by atoms with Gasteiger partial charge in [0.25, 0.3) is 0 Å². The molecule has 1 aromatic rings. The Morgan fingerprint density at radius 1 is 0.667 bits per heavy atom. The Morgan fingerprint density at radius 3 is 1.60 bits per heavy atom. The summed E-state index contributed by atoms with van der Waals surface area (Å²) < 4.78 is 0. The van der Waals surface area contributed by atoms with E-state index in [4.69, 9.17) is 0 Å². The first-order chi connectivity index (χ1) is 14.8. The lowest BCUT2D eigenvalue weighted by Crippen LogP contribution is -1.95. The van der Waals surface area contributed by atoms with Crippen LogP contribution in [0.15, 0.2) is 29.2 Å². The molecule has 0 saturated heterocycles. The van der Waals surface area contributed by atoms with Crippen LogP contribution in [0.3, 0.4) is 0 Å². The third-order valence-electron chi connectivity index (χ3n) is 5.99. The van der Waals surface area contributed by atoms with Gasteiger partial charge in [0, 0.05) is 16.9 Å². The summed E-state index contributed by atoms with van der Waals surface area (Å²) in [6.45, 7) is 4.22. The number of ketones is 1. The zero-order valence-corrected chi connectivity index (χ0v) is 20.9. The third kappa shape index (κ3) is 15.1. The quantitative estimate of drug-likeness (QED) is 0.109. The molecule has 0 unspecified atom stereocenters. The number of benzene rings is 1. The van der Waals surface area contributed by atoms with E-state index in [-0.39, 0.29) is 5.78 Å². The van der Waals surface area contributed by atoms with Crippen LogP contribution in [0.4, 0.5) is 0 Å². The van der Waals surface area contributed by atoms with Gasteiger partial charge in [0.15, 0.2) is 5.78 Å². The molecule has 30 heavy (non-hydrogen) atoms. The average molecular weight is 433 g/mol. The summed E-state index contributed by atoms with van der Waals surface area (Å²) in [7, 11) is 0. The van der Waals surface area contributed by atoms with Crippen molar-refractivity contribution in [2.45, 2.75) is 134 Å². The first-order valence-electron chi connectivity index (χ1n) is 13.0. The largest absolute Gasteiger partial charge is 0.294 e. The van der Waals surface area contributed by atoms with Crippen molar-refractivity contribution in [3.05, 3.63) is 29.8 Å². The maximum absolute atomic E-state index is 11.8. The SMILES string of the molecule is CCCCCCCCCCCCCCCCCCCSc1cccc(C(=O)CC)c1. The van der Waals surface area contributed by atoms with Gasteiger partial charge in [-0.15, -0.1) is 11.8 Å². The molecule has 0 aliphatic heterocycles. The molecule has 1 nitrogen and oxygen atoms in total. The maximum Gasteiger partial charge on any atom is 0.162 e. The fourth-order valence-corrected chi connectivity index (χ4v) is 4.95. The van der Waals surface area contributed by atoms with Crippen molar-refractivity contribution >= 4 is 17.5 Å². The highest BCUT2D eigenvalue weighted by atomic mass is 32.2. The van der Waals surface area contributed by atoms with Gasteiger partial charge in [-0.25, -0.2) is 0 Å². The number of carbonyl (C=O) groups excluding carboxylic acids is 1. The lowest BCUT2D eigenvalue weighted by Gasteiger charge is -2.05. The van der Waals surface area contributed by atoms with E-state index in [1.54, 1.807) is 0 Å². The molecule has 0 aliphatic rings. The molecule has 0 radical (unpaired) electrons. The number of unbranched alkanes of at least 4 members (excludes halogenated alkanes) is 16. The molecule has 0 saturated carbocycles. The summed E-state index contributed by atoms with van der Waals surface area (Å²) in [4.78, 5) is 13.0. The van der Waals surface area contributed by atoms with Crippen LogP contribution in [-0.2, 0) is 0 Å². The normalized spacial score (nSPS) is 11.1. The summed E-state index contributed by atoms with van der Waals surface area (Å²) in [5.74, 6) is 1.41. The van der Waals surface area contributed by atoms with Gasteiger partial charge in [0.1, 0.15) is 0 Å². The highest BCUT2D eigenvalue weighted by molar-refractivity contribution is 7.99. The van der Waals surface area contributed by atoms with Crippen molar-refractivity contribution in [1.29, 1.82) is 0 Å². The van der Waals surface area contributed by atoms with Crippen molar-refractivity contribution < 1.29 is 4.79 Å². The van der Waals surface area contributed by atoms with Crippen molar-refractivity contribution in [2.24, 2.45) is 0 Å². The molecule has 0 spiro atoms. The van der Waals surface area contributed by atoms with Crippen molar-refractivity contribution in [3.63, 3.8) is 0 Å². The summed E-state index contributed by atoms with van der Waals surface area (Å²) in [6.07, 6.45) is 24.8. The number of rotatable bonds is 21. The smallest absolute Gasteiger partial charge is 0.162 e. The van der Waals surface area contributed by atoms with Crippen LogP contribution in [0, 0.1) is 0 Å². The van der Waals surface area contributed by atoms with Crippen LogP contribution < -0.4 is 0 Å². The molecule has 0 aliphatic carbocycles. The minimum atomic E-state index is 0.246. The average Bonchev–Trinajstić information content (AvgIpc) is 2.78. The topological polar surface area (TPSA) is 17.1 Å². The van der Waals surface area contributed by atoms with Gasteiger partial charge in [-0.2, -0.15) is 0 Å². The Balaban J connectivity index is 1.82. The minimum absolute atomic E-state index is 0.246. The molecule has 0 heterocycles. The van der Waals surface area contributed by atoms with Crippen LogP contribution >= 0.6 is 11.8 Å². The van der Waals surface area contributed by atoms with Gasteiger partial charge in [0.05, 0.1) is 0 Å². The molecule has 0 amide bonds.